The number of rotatable bonds is 0. The van der Waals surface area contributed by atoms with Crippen molar-refractivity contribution >= 4 is 15.6 Å². The van der Waals surface area contributed by atoms with Crippen LogP contribution in [0.1, 0.15) is 0 Å². The maximum atomic E-state index is 8.55. The van der Waals surface area contributed by atoms with Crippen LogP contribution < -0.4 is 29.4 Å². The molecule has 0 bridgehead atoms. The smallest absolute Gasteiger partial charge is 0.822 e. The fourth-order valence-corrected chi connectivity index (χ4v) is 0. The van der Waals surface area contributed by atoms with Gasteiger partial charge in [-0.3, -0.25) is 0 Å². The molecule has 72 valence electrons. The largest absolute Gasteiger partial charge is 3.00 e. The van der Waals surface area contributed by atoms with Crippen molar-refractivity contribution in [3.05, 3.63) is 0 Å². The van der Waals surface area contributed by atoms with E-state index < -0.39 is 15.6 Å². The van der Waals surface area contributed by atoms with E-state index in [9.17, 15) is 0 Å². The molecule has 2 radical (unpaired) electrons. The van der Waals surface area contributed by atoms with Crippen molar-refractivity contribution in [1.29, 1.82) is 0 Å². The van der Waals surface area contributed by atoms with Gasteiger partial charge in [0.15, 0.2) is 0 Å². The van der Waals surface area contributed by atoms with Gasteiger partial charge >= 0.3 is 34.4 Å². The van der Waals surface area contributed by atoms with E-state index in [0.717, 1.165) is 0 Å². The van der Waals surface area contributed by atoms with E-state index in [1.54, 1.807) is 0 Å². The van der Waals surface area contributed by atoms with Crippen LogP contribution in [0.2, 0.25) is 0 Å². The first-order valence-electron chi connectivity index (χ1n) is 1.46. The van der Waals surface area contributed by atoms with Crippen molar-refractivity contribution in [1.82, 2.24) is 0 Å². The summed E-state index contributed by atoms with van der Waals surface area (Å²) in [5, 5.41) is 0. The van der Waals surface area contributed by atoms with E-state index in [0.29, 0.717) is 0 Å². The summed E-state index contributed by atoms with van der Waals surface area (Å²) in [6.45, 7) is 0. The van der Waals surface area contributed by atoms with Crippen LogP contribution in [0.15, 0.2) is 0 Å². The Kier molecular flexibility index (Phi) is 17.2. The molecule has 8 nitrogen and oxygen atoms in total. The summed E-state index contributed by atoms with van der Waals surface area (Å²) in [5.74, 6) is 0. The van der Waals surface area contributed by atoms with Crippen molar-refractivity contribution in [3.63, 3.8) is 0 Å². The quantitative estimate of drug-likeness (QED) is 0.314. The third-order valence-corrected chi connectivity index (χ3v) is 0. The van der Waals surface area contributed by atoms with Gasteiger partial charge in [0.2, 0.25) is 0 Å². The molecular weight excluding hydrogens is 298 g/mol. The minimum Gasteiger partial charge on any atom is -0.822 e. The summed E-state index contributed by atoms with van der Waals surface area (Å²) in [6.07, 6.45) is 0. The minimum absolute atomic E-state index is 0. The minimum atomic E-state index is -5.39. The van der Waals surface area contributed by atoms with Gasteiger partial charge in [0, 0.05) is 0 Å². The van der Waals surface area contributed by atoms with Gasteiger partial charge in [0.1, 0.15) is 0 Å². The van der Waals surface area contributed by atoms with Gasteiger partial charge in [-0.2, -0.15) is 15.6 Å². The van der Waals surface area contributed by atoms with E-state index in [1.807, 2.05) is 0 Å². The average Bonchev–Trinajstić information content (AvgIpc) is 1.12. The number of hydrogen-bond donors (Lipinski definition) is 0. The molecule has 0 rings (SSSR count). The molecule has 0 aliphatic carbocycles. The predicted octanol–water partition coefficient (Wildman–Crippen LogP) is -5.65. The Morgan fingerprint density at radius 2 is 0.667 bits per heavy atom. The van der Waals surface area contributed by atoms with Crippen LogP contribution in [0.4, 0.5) is 0 Å². The van der Waals surface area contributed by atoms with E-state index in [4.69, 9.17) is 38.5 Å². The van der Waals surface area contributed by atoms with Crippen molar-refractivity contribution in [2.24, 2.45) is 0 Å². The second-order valence-corrected chi connectivity index (χ2v) is 2.68. The standard InChI is InChI=1S/Cr.Fe.2H3O4P/c;;2*1-5(2,3)4/h;;2*(H3,1,2,3,4)/q2*+3;;/p-6. The second-order valence-electron chi connectivity index (χ2n) is 0.894. The molecular formula is CrFeO8P2. The average molecular weight is 298 g/mol. The third-order valence-electron chi connectivity index (χ3n) is 0. The molecule has 0 aromatic heterocycles. The Morgan fingerprint density at radius 1 is 0.667 bits per heavy atom. The molecule has 0 saturated heterocycles. The van der Waals surface area contributed by atoms with E-state index >= 15 is 0 Å². The van der Waals surface area contributed by atoms with Crippen LogP contribution in [0.3, 0.4) is 0 Å². The molecule has 0 aliphatic heterocycles. The molecule has 0 aromatic carbocycles. The van der Waals surface area contributed by atoms with Crippen LogP contribution in [-0.4, -0.2) is 0 Å². The van der Waals surface area contributed by atoms with Crippen LogP contribution >= 0.6 is 15.6 Å². The van der Waals surface area contributed by atoms with Crippen LogP contribution in [0, 0.1) is 0 Å². The predicted molar refractivity (Wildman–Crippen MR) is 15.2 cm³/mol. The molecule has 0 unspecified atom stereocenters. The van der Waals surface area contributed by atoms with Crippen LogP contribution in [0.5, 0.6) is 0 Å². The maximum absolute atomic E-state index is 8.55. The molecule has 0 heterocycles. The molecule has 12 heavy (non-hydrogen) atoms. The SMILES string of the molecule is O=P([O-])([O-])[O-].O=P([O-])([O-])[O-].[Cr+3].[Fe+3]. The van der Waals surface area contributed by atoms with Gasteiger partial charge in [0.25, 0.3) is 0 Å². The van der Waals surface area contributed by atoms with Gasteiger partial charge in [-0.25, -0.2) is 0 Å². The monoisotopic (exact) mass is 298 g/mol. The zero-order valence-corrected chi connectivity index (χ0v) is 9.09. The van der Waals surface area contributed by atoms with Crippen molar-refractivity contribution < 1.29 is 72.9 Å². The summed E-state index contributed by atoms with van der Waals surface area (Å²) < 4.78 is 17.1. The topological polar surface area (TPSA) is 172 Å². The third kappa shape index (κ3) is 735. The molecule has 0 aromatic rings. The van der Waals surface area contributed by atoms with Crippen LogP contribution in [0.25, 0.3) is 0 Å². The van der Waals surface area contributed by atoms with Crippen molar-refractivity contribution in [2.75, 3.05) is 0 Å². The Labute approximate surface area is 88.7 Å². The van der Waals surface area contributed by atoms with Crippen molar-refractivity contribution in [2.45, 2.75) is 0 Å². The summed E-state index contributed by atoms with van der Waals surface area (Å²) >= 11 is 0. The molecule has 0 spiro atoms. The summed E-state index contributed by atoms with van der Waals surface area (Å²) in [7, 11) is -10.8. The molecule has 12 heteroatoms. The Morgan fingerprint density at radius 3 is 0.667 bits per heavy atom. The molecule has 0 atom stereocenters. The van der Waals surface area contributed by atoms with Crippen LogP contribution in [-0.2, 0) is 43.6 Å². The summed E-state index contributed by atoms with van der Waals surface area (Å²) in [4.78, 5) is 51.3. The summed E-state index contributed by atoms with van der Waals surface area (Å²) in [5.41, 5.74) is 0. The van der Waals surface area contributed by atoms with Gasteiger partial charge in [0.05, 0.1) is 0 Å². The fourth-order valence-electron chi connectivity index (χ4n) is 0. The summed E-state index contributed by atoms with van der Waals surface area (Å²) in [6, 6.07) is 0. The Balaban J connectivity index is -0.0000000457. The van der Waals surface area contributed by atoms with E-state index in [1.165, 1.54) is 0 Å². The van der Waals surface area contributed by atoms with E-state index in [2.05, 4.69) is 0 Å². The van der Waals surface area contributed by atoms with Crippen molar-refractivity contribution in [3.8, 4) is 0 Å². The zero-order chi connectivity index (χ0) is 9.00. The first kappa shape index (κ1) is 23.2. The molecule has 0 saturated carbocycles. The molecule has 0 N–H and O–H groups in total. The van der Waals surface area contributed by atoms with E-state index in [-0.39, 0.29) is 34.4 Å². The van der Waals surface area contributed by atoms with Gasteiger partial charge in [-0.15, -0.1) is 0 Å². The first-order chi connectivity index (χ1) is 4.00. The molecule has 0 amide bonds. The number of hydrogen-bond acceptors (Lipinski definition) is 8. The maximum Gasteiger partial charge on any atom is 3.00 e. The normalized spacial score (nSPS) is 9.83. The van der Waals surface area contributed by atoms with Gasteiger partial charge in [-0.1, -0.05) is 0 Å². The number of phosphoric acid groups is 2. The second kappa shape index (κ2) is 8.85. The Bertz CT molecular complexity index is 129. The van der Waals surface area contributed by atoms with Gasteiger partial charge < -0.3 is 38.5 Å². The zero-order valence-electron chi connectivity index (χ0n) is 4.92. The fraction of sp³-hybridized carbons (Fsp3) is 0. The van der Waals surface area contributed by atoms with Gasteiger partial charge in [-0.05, 0) is 0 Å². The molecule has 0 fully saturated rings. The Hall–Kier alpha value is 1.27. The first-order valence-corrected chi connectivity index (χ1v) is 4.38. The molecule has 0 aliphatic rings.